The lowest BCUT2D eigenvalue weighted by molar-refractivity contribution is -0.117. The van der Waals surface area contributed by atoms with Crippen LogP contribution in [0.1, 0.15) is 12.0 Å². The second kappa shape index (κ2) is 3.62. The van der Waals surface area contributed by atoms with E-state index in [4.69, 9.17) is 5.73 Å². The van der Waals surface area contributed by atoms with Crippen LogP contribution in [0, 0.1) is 12.7 Å². The third kappa shape index (κ3) is 1.85. The average Bonchev–Trinajstić information content (AvgIpc) is 2.50. The number of carbonyl (C=O) groups is 1. The number of halogens is 1. The molecule has 1 saturated heterocycles. The van der Waals surface area contributed by atoms with Crippen molar-refractivity contribution in [1.82, 2.24) is 0 Å². The number of amides is 1. The van der Waals surface area contributed by atoms with Crippen molar-refractivity contribution in [2.24, 2.45) is 5.73 Å². The molecule has 1 heterocycles. The Morgan fingerprint density at radius 2 is 2.27 bits per heavy atom. The molecule has 0 aliphatic carbocycles. The number of aryl methyl sites for hydroxylation is 1. The van der Waals surface area contributed by atoms with Crippen molar-refractivity contribution < 1.29 is 9.18 Å². The maximum absolute atomic E-state index is 13.5. The summed E-state index contributed by atoms with van der Waals surface area (Å²) in [6.07, 6.45) is 0.299. The monoisotopic (exact) mass is 208 g/mol. The molecule has 0 radical (unpaired) electrons. The summed E-state index contributed by atoms with van der Waals surface area (Å²) in [5.41, 5.74) is 6.93. The number of anilines is 1. The van der Waals surface area contributed by atoms with Gasteiger partial charge in [-0.25, -0.2) is 4.39 Å². The molecule has 15 heavy (non-hydrogen) atoms. The maximum Gasteiger partial charge on any atom is 0.228 e. The van der Waals surface area contributed by atoms with Crippen LogP contribution in [0.15, 0.2) is 18.2 Å². The molecule has 1 aliphatic rings. The molecule has 80 valence electrons. The van der Waals surface area contributed by atoms with E-state index in [0.717, 1.165) is 5.56 Å². The van der Waals surface area contributed by atoms with Crippen LogP contribution in [0.2, 0.25) is 0 Å². The highest BCUT2D eigenvalue weighted by molar-refractivity contribution is 5.96. The summed E-state index contributed by atoms with van der Waals surface area (Å²) in [5, 5.41) is 0. The Hall–Kier alpha value is -1.42. The zero-order valence-corrected chi connectivity index (χ0v) is 8.53. The van der Waals surface area contributed by atoms with E-state index in [2.05, 4.69) is 0 Å². The first-order valence-corrected chi connectivity index (χ1v) is 4.90. The van der Waals surface area contributed by atoms with Gasteiger partial charge in [-0.1, -0.05) is 6.07 Å². The standard InChI is InChI=1S/C11H13FN2O/c1-7-2-3-9(12)10(4-7)14-6-8(13)5-11(14)15/h2-4,8H,5-6,13H2,1H3. The van der Waals surface area contributed by atoms with Crippen molar-refractivity contribution in [2.45, 2.75) is 19.4 Å². The minimum atomic E-state index is -0.372. The third-order valence-electron chi connectivity index (χ3n) is 2.55. The Morgan fingerprint density at radius 1 is 1.53 bits per heavy atom. The fourth-order valence-electron chi connectivity index (χ4n) is 1.80. The lowest BCUT2D eigenvalue weighted by Crippen LogP contribution is -2.28. The van der Waals surface area contributed by atoms with Gasteiger partial charge in [0.15, 0.2) is 0 Å². The summed E-state index contributed by atoms with van der Waals surface area (Å²) in [6.45, 7) is 2.27. The SMILES string of the molecule is Cc1ccc(F)c(N2CC(N)CC2=O)c1. The number of carbonyl (C=O) groups excluding carboxylic acids is 1. The predicted octanol–water partition coefficient (Wildman–Crippen LogP) is 1.20. The van der Waals surface area contributed by atoms with E-state index in [1.165, 1.54) is 11.0 Å². The zero-order valence-electron chi connectivity index (χ0n) is 8.53. The minimum absolute atomic E-state index is 0.105. The van der Waals surface area contributed by atoms with E-state index in [0.29, 0.717) is 18.7 Å². The van der Waals surface area contributed by atoms with E-state index >= 15 is 0 Å². The van der Waals surface area contributed by atoms with Crippen LogP contribution in [-0.2, 0) is 4.79 Å². The van der Waals surface area contributed by atoms with Crippen LogP contribution in [0.3, 0.4) is 0 Å². The van der Waals surface area contributed by atoms with Gasteiger partial charge in [-0.2, -0.15) is 0 Å². The third-order valence-corrected chi connectivity index (χ3v) is 2.55. The van der Waals surface area contributed by atoms with Gasteiger partial charge in [0.1, 0.15) is 5.82 Å². The molecule has 1 amide bonds. The molecule has 1 aromatic carbocycles. The molecular formula is C11H13FN2O. The van der Waals surface area contributed by atoms with Crippen LogP contribution in [-0.4, -0.2) is 18.5 Å². The summed E-state index contributed by atoms with van der Waals surface area (Å²) in [6, 6.07) is 4.55. The quantitative estimate of drug-likeness (QED) is 0.753. The lowest BCUT2D eigenvalue weighted by atomic mass is 10.2. The van der Waals surface area contributed by atoms with Crippen LogP contribution < -0.4 is 10.6 Å². The van der Waals surface area contributed by atoms with Gasteiger partial charge in [-0.15, -0.1) is 0 Å². The fraction of sp³-hybridized carbons (Fsp3) is 0.364. The number of rotatable bonds is 1. The first kappa shape index (κ1) is 10.1. The Labute approximate surface area is 87.7 Å². The van der Waals surface area contributed by atoms with Gasteiger partial charge in [0.05, 0.1) is 5.69 Å². The van der Waals surface area contributed by atoms with E-state index in [1.54, 1.807) is 12.1 Å². The van der Waals surface area contributed by atoms with Crippen molar-refractivity contribution in [3.8, 4) is 0 Å². The first-order valence-electron chi connectivity index (χ1n) is 4.90. The highest BCUT2D eigenvalue weighted by Crippen LogP contribution is 2.25. The Balaban J connectivity index is 2.37. The largest absolute Gasteiger partial charge is 0.326 e. The molecule has 0 saturated carbocycles. The molecule has 0 bridgehead atoms. The second-order valence-electron chi connectivity index (χ2n) is 3.92. The molecule has 1 unspecified atom stereocenters. The first-order chi connectivity index (χ1) is 7.08. The van der Waals surface area contributed by atoms with Crippen molar-refractivity contribution >= 4 is 11.6 Å². The molecule has 4 heteroatoms. The van der Waals surface area contributed by atoms with Gasteiger partial charge in [-0.3, -0.25) is 4.79 Å². The molecule has 0 aromatic heterocycles. The number of hydrogen-bond acceptors (Lipinski definition) is 2. The van der Waals surface area contributed by atoms with Gasteiger partial charge in [-0.05, 0) is 24.6 Å². The molecule has 1 aromatic rings. The second-order valence-corrected chi connectivity index (χ2v) is 3.92. The highest BCUT2D eigenvalue weighted by Gasteiger charge is 2.29. The van der Waals surface area contributed by atoms with Crippen molar-refractivity contribution in [3.05, 3.63) is 29.6 Å². The molecule has 1 aliphatic heterocycles. The van der Waals surface area contributed by atoms with Crippen molar-refractivity contribution in [1.29, 1.82) is 0 Å². The smallest absolute Gasteiger partial charge is 0.228 e. The summed E-state index contributed by atoms with van der Waals surface area (Å²) < 4.78 is 13.5. The molecule has 2 N–H and O–H groups in total. The van der Waals surface area contributed by atoms with Crippen LogP contribution in [0.25, 0.3) is 0 Å². The lowest BCUT2D eigenvalue weighted by Gasteiger charge is -2.17. The van der Waals surface area contributed by atoms with E-state index in [1.807, 2.05) is 6.92 Å². The predicted molar refractivity (Wildman–Crippen MR) is 56.1 cm³/mol. The Morgan fingerprint density at radius 3 is 2.87 bits per heavy atom. The van der Waals surface area contributed by atoms with E-state index < -0.39 is 0 Å². The summed E-state index contributed by atoms with van der Waals surface area (Å²) in [7, 11) is 0. The van der Waals surface area contributed by atoms with Gasteiger partial charge in [0.2, 0.25) is 5.91 Å². The van der Waals surface area contributed by atoms with Crippen molar-refractivity contribution in [2.75, 3.05) is 11.4 Å². The van der Waals surface area contributed by atoms with E-state index in [-0.39, 0.29) is 17.8 Å². The van der Waals surface area contributed by atoms with Crippen LogP contribution >= 0.6 is 0 Å². The van der Waals surface area contributed by atoms with Crippen molar-refractivity contribution in [3.63, 3.8) is 0 Å². The van der Waals surface area contributed by atoms with Gasteiger partial charge in [0.25, 0.3) is 0 Å². The number of hydrogen-bond donors (Lipinski definition) is 1. The molecule has 1 atom stereocenters. The van der Waals surface area contributed by atoms with Gasteiger partial charge >= 0.3 is 0 Å². The summed E-state index contributed by atoms with van der Waals surface area (Å²) >= 11 is 0. The van der Waals surface area contributed by atoms with Gasteiger partial charge in [0, 0.05) is 19.0 Å². The number of nitrogens with zero attached hydrogens (tertiary/aromatic N) is 1. The minimum Gasteiger partial charge on any atom is -0.326 e. The number of benzene rings is 1. The van der Waals surface area contributed by atoms with E-state index in [9.17, 15) is 9.18 Å². The zero-order chi connectivity index (χ0) is 11.0. The topological polar surface area (TPSA) is 46.3 Å². The Bertz CT molecular complexity index is 406. The molecule has 2 rings (SSSR count). The normalized spacial score (nSPS) is 21.1. The van der Waals surface area contributed by atoms with Crippen LogP contribution in [0.5, 0.6) is 0 Å². The molecule has 0 spiro atoms. The summed E-state index contributed by atoms with van der Waals surface area (Å²) in [4.78, 5) is 13.0. The Kier molecular flexibility index (Phi) is 2.44. The van der Waals surface area contributed by atoms with Gasteiger partial charge < -0.3 is 10.6 Å². The van der Waals surface area contributed by atoms with Crippen LogP contribution in [0.4, 0.5) is 10.1 Å². The fourth-order valence-corrected chi connectivity index (χ4v) is 1.80. The molecule has 3 nitrogen and oxygen atoms in total. The molecular weight excluding hydrogens is 195 g/mol. The number of nitrogens with two attached hydrogens (primary N) is 1. The highest BCUT2D eigenvalue weighted by atomic mass is 19.1. The average molecular weight is 208 g/mol. The molecule has 1 fully saturated rings. The summed E-state index contributed by atoms with van der Waals surface area (Å²) in [5.74, 6) is -0.477. The maximum atomic E-state index is 13.5.